The average molecular weight is 450 g/mol. The number of ether oxygens (including phenoxy) is 2. The topological polar surface area (TPSA) is 104 Å². The molecular weight excluding hydrogens is 422 g/mol. The molecule has 9 heteroatoms. The molecule has 2 aliphatic heterocycles. The van der Waals surface area contributed by atoms with Crippen molar-refractivity contribution in [3.63, 3.8) is 0 Å². The molecule has 0 unspecified atom stereocenters. The van der Waals surface area contributed by atoms with E-state index >= 15 is 0 Å². The Labute approximate surface area is 192 Å². The van der Waals surface area contributed by atoms with E-state index in [1.807, 2.05) is 47.5 Å². The molecule has 0 spiro atoms. The molecule has 3 N–H and O–H groups in total. The average Bonchev–Trinajstić information content (AvgIpc) is 3.32. The standard InChI is InChI=1S/C24H27N5O4/c1-32-22-6-4-3-5-19(22)21-11-12-25-15-29(21)28-17-9-7-16(8-10-17)23(30)27-18-13-20(26-14-18)24(31)33-2/h3-12,18,20,26,28H,13-15H2,1-2H3,(H,27,30)/t18-,20-/m0/s1. The smallest absolute Gasteiger partial charge is 0.322 e. The minimum atomic E-state index is -0.385. The minimum Gasteiger partial charge on any atom is -0.496 e. The van der Waals surface area contributed by atoms with E-state index in [9.17, 15) is 9.59 Å². The normalized spacial score (nSPS) is 19.6. The third kappa shape index (κ3) is 5.15. The van der Waals surface area contributed by atoms with Gasteiger partial charge >= 0.3 is 5.97 Å². The number of methoxy groups -OCH3 is 2. The number of nitrogens with one attached hydrogen (secondary N) is 3. The summed E-state index contributed by atoms with van der Waals surface area (Å²) in [5.41, 5.74) is 6.58. The van der Waals surface area contributed by atoms with Gasteiger partial charge in [0.15, 0.2) is 0 Å². The number of nitrogens with zero attached hydrogens (tertiary/aromatic N) is 2. The summed E-state index contributed by atoms with van der Waals surface area (Å²) in [5.74, 6) is 0.274. The number of hydrogen-bond donors (Lipinski definition) is 3. The SMILES string of the molecule is COC(=O)[C@@H]1C[C@H](NC(=O)c2ccc(NN3CN=CC=C3c3ccccc3OC)cc2)CN1. The zero-order valence-electron chi connectivity index (χ0n) is 18.6. The molecule has 0 aromatic heterocycles. The van der Waals surface area contributed by atoms with E-state index in [0.29, 0.717) is 25.2 Å². The lowest BCUT2D eigenvalue weighted by Gasteiger charge is -2.29. The molecule has 2 aromatic carbocycles. The van der Waals surface area contributed by atoms with Gasteiger partial charge in [0.1, 0.15) is 18.5 Å². The fourth-order valence-corrected chi connectivity index (χ4v) is 3.89. The number of benzene rings is 2. The van der Waals surface area contributed by atoms with Gasteiger partial charge in [-0.25, -0.2) is 0 Å². The van der Waals surface area contributed by atoms with E-state index in [1.54, 1.807) is 25.5 Å². The van der Waals surface area contributed by atoms with Crippen LogP contribution in [-0.2, 0) is 9.53 Å². The highest BCUT2D eigenvalue weighted by molar-refractivity contribution is 5.95. The Kier molecular flexibility index (Phi) is 6.89. The quantitative estimate of drug-likeness (QED) is 0.556. The lowest BCUT2D eigenvalue weighted by molar-refractivity contribution is -0.142. The first-order valence-electron chi connectivity index (χ1n) is 10.7. The number of aliphatic imine (C=N–C) groups is 1. The Morgan fingerprint density at radius 3 is 2.67 bits per heavy atom. The van der Waals surface area contributed by atoms with Crippen LogP contribution in [-0.4, -0.2) is 62.6 Å². The first-order valence-corrected chi connectivity index (χ1v) is 10.7. The van der Waals surface area contributed by atoms with E-state index in [4.69, 9.17) is 9.47 Å². The fourth-order valence-electron chi connectivity index (χ4n) is 3.89. The van der Waals surface area contributed by atoms with Crippen LogP contribution in [0.3, 0.4) is 0 Å². The molecule has 2 aliphatic rings. The van der Waals surface area contributed by atoms with Gasteiger partial charge in [-0.15, -0.1) is 0 Å². The minimum absolute atomic E-state index is 0.126. The summed E-state index contributed by atoms with van der Waals surface area (Å²) in [6.45, 7) is 0.959. The van der Waals surface area contributed by atoms with Crippen molar-refractivity contribution >= 4 is 29.5 Å². The van der Waals surface area contributed by atoms with Crippen LogP contribution in [0.4, 0.5) is 5.69 Å². The number of amides is 1. The van der Waals surface area contributed by atoms with Crippen LogP contribution < -0.4 is 20.8 Å². The fraction of sp³-hybridized carbons (Fsp3) is 0.292. The van der Waals surface area contributed by atoms with Crippen LogP contribution in [0.25, 0.3) is 5.70 Å². The van der Waals surface area contributed by atoms with E-state index in [0.717, 1.165) is 22.7 Å². The van der Waals surface area contributed by atoms with Crippen LogP contribution in [0.1, 0.15) is 22.3 Å². The number of carbonyl (C=O) groups is 2. The second-order valence-corrected chi connectivity index (χ2v) is 7.73. The second kappa shape index (κ2) is 10.2. The van der Waals surface area contributed by atoms with Gasteiger partial charge < -0.3 is 20.1 Å². The molecule has 172 valence electrons. The summed E-state index contributed by atoms with van der Waals surface area (Å²) >= 11 is 0. The van der Waals surface area contributed by atoms with Crippen molar-refractivity contribution < 1.29 is 19.1 Å². The number of hydrogen-bond acceptors (Lipinski definition) is 8. The highest BCUT2D eigenvalue weighted by atomic mass is 16.5. The largest absolute Gasteiger partial charge is 0.496 e. The van der Waals surface area contributed by atoms with Gasteiger partial charge in [0.05, 0.1) is 25.6 Å². The zero-order valence-corrected chi connectivity index (χ0v) is 18.6. The van der Waals surface area contributed by atoms with Crippen LogP contribution in [0, 0.1) is 0 Å². The molecular formula is C24H27N5O4. The number of rotatable bonds is 7. The van der Waals surface area contributed by atoms with Crippen molar-refractivity contribution in [3.05, 3.63) is 65.7 Å². The summed E-state index contributed by atoms with van der Waals surface area (Å²) in [6, 6.07) is 14.5. The van der Waals surface area contributed by atoms with Crippen molar-refractivity contribution in [1.29, 1.82) is 0 Å². The predicted molar refractivity (Wildman–Crippen MR) is 126 cm³/mol. The molecule has 2 aromatic rings. The molecule has 0 aliphatic carbocycles. The maximum Gasteiger partial charge on any atom is 0.322 e. The summed E-state index contributed by atoms with van der Waals surface area (Å²) in [5, 5.41) is 7.95. The third-order valence-corrected chi connectivity index (χ3v) is 5.60. The molecule has 1 saturated heterocycles. The highest BCUT2D eigenvalue weighted by Gasteiger charge is 2.31. The predicted octanol–water partition coefficient (Wildman–Crippen LogP) is 2.04. The van der Waals surface area contributed by atoms with Crippen molar-refractivity contribution in [1.82, 2.24) is 15.6 Å². The molecule has 33 heavy (non-hydrogen) atoms. The van der Waals surface area contributed by atoms with Gasteiger partial charge in [-0.05, 0) is 48.9 Å². The molecule has 0 radical (unpaired) electrons. The summed E-state index contributed by atoms with van der Waals surface area (Å²) in [6.07, 6.45) is 4.20. The number of esters is 1. The molecule has 0 saturated carbocycles. The molecule has 2 heterocycles. The Balaban J connectivity index is 1.39. The molecule has 9 nitrogen and oxygen atoms in total. The first-order chi connectivity index (χ1) is 16.1. The Bertz CT molecular complexity index is 1070. The Hall–Kier alpha value is -3.85. The van der Waals surface area contributed by atoms with Crippen LogP contribution in [0.15, 0.2) is 59.6 Å². The number of hydrazine groups is 1. The van der Waals surface area contributed by atoms with E-state index < -0.39 is 0 Å². The van der Waals surface area contributed by atoms with Crippen molar-refractivity contribution in [2.75, 3.05) is 32.9 Å². The first kappa shape index (κ1) is 22.3. The van der Waals surface area contributed by atoms with Gasteiger partial charge in [-0.1, -0.05) is 12.1 Å². The molecule has 2 atom stereocenters. The van der Waals surface area contributed by atoms with Gasteiger partial charge in [-0.2, -0.15) is 0 Å². The summed E-state index contributed by atoms with van der Waals surface area (Å²) < 4.78 is 10.3. The number of allylic oxidation sites excluding steroid dienone is 1. The van der Waals surface area contributed by atoms with Crippen molar-refractivity contribution in [3.8, 4) is 5.75 Å². The van der Waals surface area contributed by atoms with Crippen LogP contribution in [0.2, 0.25) is 0 Å². The Morgan fingerprint density at radius 1 is 1.12 bits per heavy atom. The number of anilines is 1. The number of carbonyl (C=O) groups excluding carboxylic acids is 2. The van der Waals surface area contributed by atoms with E-state index in [-0.39, 0.29) is 24.0 Å². The van der Waals surface area contributed by atoms with Gasteiger partial charge in [-0.3, -0.25) is 25.0 Å². The lowest BCUT2D eigenvalue weighted by Crippen LogP contribution is -2.36. The highest BCUT2D eigenvalue weighted by Crippen LogP contribution is 2.29. The van der Waals surface area contributed by atoms with Crippen molar-refractivity contribution in [2.45, 2.75) is 18.5 Å². The zero-order chi connectivity index (χ0) is 23.2. The maximum absolute atomic E-state index is 12.6. The summed E-state index contributed by atoms with van der Waals surface area (Å²) in [7, 11) is 3.01. The van der Waals surface area contributed by atoms with Crippen LogP contribution >= 0.6 is 0 Å². The number of para-hydroxylation sites is 1. The van der Waals surface area contributed by atoms with E-state index in [2.05, 4.69) is 21.1 Å². The second-order valence-electron chi connectivity index (χ2n) is 7.73. The molecule has 4 rings (SSSR count). The molecule has 0 bridgehead atoms. The van der Waals surface area contributed by atoms with Gasteiger partial charge in [0.2, 0.25) is 0 Å². The van der Waals surface area contributed by atoms with Crippen LogP contribution in [0.5, 0.6) is 5.75 Å². The lowest BCUT2D eigenvalue weighted by atomic mass is 10.1. The third-order valence-electron chi connectivity index (χ3n) is 5.60. The summed E-state index contributed by atoms with van der Waals surface area (Å²) in [4.78, 5) is 28.6. The van der Waals surface area contributed by atoms with Crippen molar-refractivity contribution in [2.24, 2.45) is 4.99 Å². The monoisotopic (exact) mass is 449 g/mol. The molecule has 1 fully saturated rings. The maximum atomic E-state index is 12.6. The molecule has 1 amide bonds. The Morgan fingerprint density at radius 2 is 1.91 bits per heavy atom. The van der Waals surface area contributed by atoms with E-state index in [1.165, 1.54) is 7.11 Å². The van der Waals surface area contributed by atoms with Gasteiger partial charge in [0, 0.05) is 29.9 Å². The van der Waals surface area contributed by atoms with Gasteiger partial charge in [0.25, 0.3) is 5.91 Å².